The number of anilines is 1. The van der Waals surface area contributed by atoms with Crippen molar-refractivity contribution in [2.24, 2.45) is 7.05 Å². The van der Waals surface area contributed by atoms with E-state index < -0.39 is 0 Å². The SMILES string of the molecule is Cc1c(CNc2ccc(Cl)cc2Cl)cnn1C. The van der Waals surface area contributed by atoms with E-state index in [4.69, 9.17) is 23.2 Å². The lowest BCUT2D eigenvalue weighted by molar-refractivity contribution is 0.738. The standard InChI is InChI=1S/C12H13Cl2N3/c1-8-9(7-16-17(8)2)6-15-12-4-3-10(13)5-11(12)14/h3-5,7,15H,6H2,1-2H3. The van der Waals surface area contributed by atoms with Crippen molar-refractivity contribution in [2.45, 2.75) is 13.5 Å². The van der Waals surface area contributed by atoms with Gasteiger partial charge in [-0.05, 0) is 25.1 Å². The maximum Gasteiger partial charge on any atom is 0.0652 e. The summed E-state index contributed by atoms with van der Waals surface area (Å²) in [6.07, 6.45) is 1.85. The smallest absolute Gasteiger partial charge is 0.0652 e. The van der Waals surface area contributed by atoms with Gasteiger partial charge in [-0.3, -0.25) is 4.68 Å². The largest absolute Gasteiger partial charge is 0.380 e. The molecular weight excluding hydrogens is 257 g/mol. The third-order valence-electron chi connectivity index (χ3n) is 2.74. The van der Waals surface area contributed by atoms with Gasteiger partial charge in [0.2, 0.25) is 0 Å². The summed E-state index contributed by atoms with van der Waals surface area (Å²) in [7, 11) is 1.92. The van der Waals surface area contributed by atoms with Crippen LogP contribution in [0, 0.1) is 6.92 Å². The van der Waals surface area contributed by atoms with Crippen LogP contribution in [0.3, 0.4) is 0 Å². The van der Waals surface area contributed by atoms with E-state index in [1.54, 1.807) is 6.07 Å². The first kappa shape index (κ1) is 12.3. The lowest BCUT2D eigenvalue weighted by Gasteiger charge is -2.08. The fourth-order valence-corrected chi connectivity index (χ4v) is 2.02. The van der Waals surface area contributed by atoms with Gasteiger partial charge in [-0.25, -0.2) is 0 Å². The van der Waals surface area contributed by atoms with Gasteiger partial charge in [0.1, 0.15) is 0 Å². The summed E-state index contributed by atoms with van der Waals surface area (Å²) in [5, 5.41) is 8.72. The molecule has 0 radical (unpaired) electrons. The Bertz CT molecular complexity index is 535. The fraction of sp³-hybridized carbons (Fsp3) is 0.250. The Morgan fingerprint density at radius 1 is 1.35 bits per heavy atom. The fourth-order valence-electron chi connectivity index (χ4n) is 1.54. The second-order valence-electron chi connectivity index (χ2n) is 3.86. The van der Waals surface area contributed by atoms with Gasteiger partial charge in [-0.15, -0.1) is 0 Å². The first-order valence-corrected chi connectivity index (χ1v) is 6.00. The maximum atomic E-state index is 6.07. The van der Waals surface area contributed by atoms with Crippen LogP contribution in [0.4, 0.5) is 5.69 Å². The van der Waals surface area contributed by atoms with Crippen molar-refractivity contribution >= 4 is 28.9 Å². The average Bonchev–Trinajstić information content (AvgIpc) is 2.59. The molecule has 0 bridgehead atoms. The van der Waals surface area contributed by atoms with Crippen LogP contribution >= 0.6 is 23.2 Å². The molecule has 1 aromatic carbocycles. The predicted octanol–water partition coefficient (Wildman–Crippen LogP) is 3.65. The first-order chi connectivity index (χ1) is 8.08. The number of rotatable bonds is 3. The van der Waals surface area contributed by atoms with E-state index >= 15 is 0 Å². The quantitative estimate of drug-likeness (QED) is 0.922. The Labute approximate surface area is 110 Å². The number of hydrogen-bond acceptors (Lipinski definition) is 2. The molecule has 1 N–H and O–H groups in total. The molecule has 0 unspecified atom stereocenters. The number of hydrogen-bond donors (Lipinski definition) is 1. The van der Waals surface area contributed by atoms with E-state index in [0.717, 1.165) is 16.9 Å². The molecule has 2 rings (SSSR count). The Hall–Kier alpha value is -1.19. The summed E-state index contributed by atoms with van der Waals surface area (Å²) in [4.78, 5) is 0. The molecule has 1 aromatic heterocycles. The molecule has 0 fully saturated rings. The van der Waals surface area contributed by atoms with Gasteiger partial charge in [-0.1, -0.05) is 23.2 Å². The van der Waals surface area contributed by atoms with E-state index in [1.807, 2.05) is 37.0 Å². The zero-order chi connectivity index (χ0) is 12.4. The van der Waals surface area contributed by atoms with Crippen LogP contribution in [0.25, 0.3) is 0 Å². The molecular formula is C12H13Cl2N3. The maximum absolute atomic E-state index is 6.07. The van der Waals surface area contributed by atoms with Gasteiger partial charge in [0.25, 0.3) is 0 Å². The second-order valence-corrected chi connectivity index (χ2v) is 4.70. The third-order valence-corrected chi connectivity index (χ3v) is 3.29. The minimum atomic E-state index is 0.624. The zero-order valence-electron chi connectivity index (χ0n) is 9.67. The van der Waals surface area contributed by atoms with E-state index in [1.165, 1.54) is 0 Å². The van der Waals surface area contributed by atoms with Crippen molar-refractivity contribution in [3.8, 4) is 0 Å². The number of nitrogens with zero attached hydrogens (tertiary/aromatic N) is 2. The lowest BCUT2D eigenvalue weighted by Crippen LogP contribution is -2.01. The molecule has 0 aliphatic carbocycles. The molecule has 0 amide bonds. The highest BCUT2D eigenvalue weighted by molar-refractivity contribution is 6.36. The topological polar surface area (TPSA) is 29.9 Å². The number of benzene rings is 1. The molecule has 0 aliphatic heterocycles. The Kier molecular flexibility index (Phi) is 3.60. The molecule has 0 saturated carbocycles. The summed E-state index contributed by atoms with van der Waals surface area (Å²) >= 11 is 11.9. The van der Waals surface area contributed by atoms with Gasteiger partial charge in [0.05, 0.1) is 16.9 Å². The summed E-state index contributed by atoms with van der Waals surface area (Å²) in [6, 6.07) is 5.41. The highest BCUT2D eigenvalue weighted by Crippen LogP contribution is 2.25. The summed E-state index contributed by atoms with van der Waals surface area (Å²) in [6.45, 7) is 2.73. The highest BCUT2D eigenvalue weighted by Gasteiger charge is 2.05. The van der Waals surface area contributed by atoms with Crippen LogP contribution in [-0.2, 0) is 13.6 Å². The molecule has 0 aliphatic rings. The summed E-state index contributed by atoms with van der Waals surface area (Å²) in [5.41, 5.74) is 3.17. The molecule has 0 saturated heterocycles. The van der Waals surface area contributed by atoms with Gasteiger partial charge in [0.15, 0.2) is 0 Å². The van der Waals surface area contributed by atoms with E-state index in [-0.39, 0.29) is 0 Å². The average molecular weight is 270 g/mol. The normalized spacial score (nSPS) is 10.6. The van der Waals surface area contributed by atoms with Crippen molar-refractivity contribution in [3.05, 3.63) is 45.7 Å². The molecule has 3 nitrogen and oxygen atoms in total. The number of aryl methyl sites for hydroxylation is 1. The van der Waals surface area contributed by atoms with E-state index in [2.05, 4.69) is 10.4 Å². The van der Waals surface area contributed by atoms with Gasteiger partial charge >= 0.3 is 0 Å². The lowest BCUT2D eigenvalue weighted by atomic mass is 10.2. The number of halogens is 2. The zero-order valence-corrected chi connectivity index (χ0v) is 11.2. The Morgan fingerprint density at radius 2 is 2.12 bits per heavy atom. The van der Waals surface area contributed by atoms with Crippen LogP contribution in [0.5, 0.6) is 0 Å². The van der Waals surface area contributed by atoms with Crippen LogP contribution in [-0.4, -0.2) is 9.78 Å². The predicted molar refractivity (Wildman–Crippen MR) is 71.7 cm³/mol. The molecule has 1 heterocycles. The third kappa shape index (κ3) is 2.73. The van der Waals surface area contributed by atoms with Gasteiger partial charge in [-0.2, -0.15) is 5.10 Å². The minimum Gasteiger partial charge on any atom is -0.380 e. The molecule has 17 heavy (non-hydrogen) atoms. The van der Waals surface area contributed by atoms with Crippen LogP contribution in [0.2, 0.25) is 10.0 Å². The molecule has 0 spiro atoms. The van der Waals surface area contributed by atoms with E-state index in [9.17, 15) is 0 Å². The highest BCUT2D eigenvalue weighted by atomic mass is 35.5. The summed E-state index contributed by atoms with van der Waals surface area (Å²) < 4.78 is 1.85. The van der Waals surface area contributed by atoms with Gasteiger partial charge < -0.3 is 5.32 Å². The Balaban J connectivity index is 2.10. The van der Waals surface area contributed by atoms with Gasteiger partial charge in [0, 0.05) is 29.9 Å². The first-order valence-electron chi connectivity index (χ1n) is 5.24. The van der Waals surface area contributed by atoms with Crippen molar-refractivity contribution in [2.75, 3.05) is 5.32 Å². The van der Waals surface area contributed by atoms with Crippen molar-refractivity contribution in [1.82, 2.24) is 9.78 Å². The Morgan fingerprint density at radius 3 is 2.71 bits per heavy atom. The molecule has 5 heteroatoms. The molecule has 2 aromatic rings. The van der Waals surface area contributed by atoms with Crippen molar-refractivity contribution < 1.29 is 0 Å². The summed E-state index contributed by atoms with van der Waals surface area (Å²) in [5.74, 6) is 0. The minimum absolute atomic E-state index is 0.624. The molecule has 0 atom stereocenters. The second kappa shape index (κ2) is 4.98. The number of aromatic nitrogens is 2. The van der Waals surface area contributed by atoms with Crippen molar-refractivity contribution in [3.63, 3.8) is 0 Å². The monoisotopic (exact) mass is 269 g/mol. The number of nitrogens with one attached hydrogen (secondary N) is 1. The van der Waals surface area contributed by atoms with Crippen LogP contribution in [0.1, 0.15) is 11.3 Å². The molecule has 90 valence electrons. The van der Waals surface area contributed by atoms with Crippen LogP contribution < -0.4 is 5.32 Å². The van der Waals surface area contributed by atoms with Crippen molar-refractivity contribution in [1.29, 1.82) is 0 Å². The van der Waals surface area contributed by atoms with Crippen LogP contribution in [0.15, 0.2) is 24.4 Å². The van der Waals surface area contributed by atoms with E-state index in [0.29, 0.717) is 16.6 Å².